The Kier molecular flexibility index (Phi) is 6.55. The fraction of sp³-hybridized carbons (Fsp3) is 0.208. The van der Waals surface area contributed by atoms with Gasteiger partial charge in [-0.25, -0.2) is 19.0 Å². The summed E-state index contributed by atoms with van der Waals surface area (Å²) in [4.78, 5) is 19.9. The molecule has 9 heteroatoms. The molecule has 0 fully saturated rings. The molecule has 33 heavy (non-hydrogen) atoms. The number of nitriles is 1. The molecule has 0 saturated carbocycles. The van der Waals surface area contributed by atoms with E-state index < -0.39 is 5.82 Å². The molecule has 0 aliphatic carbocycles. The third-order valence-electron chi connectivity index (χ3n) is 5.08. The van der Waals surface area contributed by atoms with E-state index >= 15 is 4.39 Å². The Labute approximate surface area is 189 Å². The van der Waals surface area contributed by atoms with Gasteiger partial charge in [0.15, 0.2) is 5.65 Å². The number of ketones is 1. The van der Waals surface area contributed by atoms with Gasteiger partial charge in [-0.05, 0) is 37.1 Å². The number of nitrogens with zero attached hydrogens (tertiary/aromatic N) is 5. The number of rotatable bonds is 9. The monoisotopic (exact) mass is 444 g/mol. The number of anilines is 1. The fourth-order valence-electron chi connectivity index (χ4n) is 3.51. The zero-order valence-electron chi connectivity index (χ0n) is 17.7. The summed E-state index contributed by atoms with van der Waals surface area (Å²) in [7, 11) is 0. The summed E-state index contributed by atoms with van der Waals surface area (Å²) in [5.74, 6) is 0.562. The van der Waals surface area contributed by atoms with Gasteiger partial charge in [-0.15, -0.1) is 0 Å². The largest absolute Gasteiger partial charge is 0.457 e. The van der Waals surface area contributed by atoms with E-state index in [0.29, 0.717) is 54.0 Å². The number of aryl methyl sites for hydroxylation is 1. The molecule has 2 aromatic heterocycles. The lowest BCUT2D eigenvalue weighted by Gasteiger charge is -2.07. The van der Waals surface area contributed by atoms with Gasteiger partial charge in [0.1, 0.15) is 40.9 Å². The molecular formula is C24H21FN6O2. The summed E-state index contributed by atoms with van der Waals surface area (Å²) >= 11 is 0. The smallest absolute Gasteiger partial charge is 0.163 e. The van der Waals surface area contributed by atoms with Gasteiger partial charge in [-0.2, -0.15) is 10.4 Å². The van der Waals surface area contributed by atoms with Crippen molar-refractivity contribution in [1.29, 1.82) is 5.26 Å². The molecule has 0 atom stereocenters. The molecule has 4 rings (SSSR count). The topological polar surface area (TPSA) is 120 Å². The van der Waals surface area contributed by atoms with E-state index in [0.717, 1.165) is 0 Å². The molecule has 2 aromatic carbocycles. The Morgan fingerprint density at radius 1 is 1.12 bits per heavy atom. The van der Waals surface area contributed by atoms with Gasteiger partial charge in [0.2, 0.25) is 0 Å². The molecule has 0 amide bonds. The number of Topliss-reactive ketones (excluding diaryl/α,β-unsaturated/α-hetero) is 1. The Bertz CT molecular complexity index is 1330. The highest BCUT2D eigenvalue weighted by molar-refractivity contribution is 5.98. The van der Waals surface area contributed by atoms with E-state index in [1.165, 1.54) is 12.4 Å². The molecule has 0 unspecified atom stereocenters. The predicted octanol–water partition coefficient (Wildman–Crippen LogP) is 4.66. The molecule has 8 nitrogen and oxygen atoms in total. The number of ether oxygens (including phenoxy) is 1. The highest BCUT2D eigenvalue weighted by Crippen LogP contribution is 2.34. The van der Waals surface area contributed by atoms with Gasteiger partial charge < -0.3 is 10.5 Å². The van der Waals surface area contributed by atoms with Crippen LogP contribution in [0.5, 0.6) is 11.5 Å². The maximum absolute atomic E-state index is 15.1. The van der Waals surface area contributed by atoms with Crippen molar-refractivity contribution in [2.45, 2.75) is 32.2 Å². The Balaban J connectivity index is 1.60. The van der Waals surface area contributed by atoms with Gasteiger partial charge in [0, 0.05) is 24.6 Å². The van der Waals surface area contributed by atoms with Crippen molar-refractivity contribution in [2.24, 2.45) is 0 Å². The van der Waals surface area contributed by atoms with Crippen LogP contribution in [-0.4, -0.2) is 25.5 Å². The van der Waals surface area contributed by atoms with Crippen LogP contribution in [0.1, 0.15) is 25.7 Å². The van der Waals surface area contributed by atoms with Crippen LogP contribution in [0.2, 0.25) is 0 Å². The van der Waals surface area contributed by atoms with Crippen molar-refractivity contribution in [2.75, 3.05) is 5.73 Å². The summed E-state index contributed by atoms with van der Waals surface area (Å²) in [6.07, 6.45) is 2.83. The second-order valence-electron chi connectivity index (χ2n) is 7.42. The van der Waals surface area contributed by atoms with E-state index in [4.69, 9.17) is 15.7 Å². The first kappa shape index (κ1) is 21.9. The second kappa shape index (κ2) is 9.87. The second-order valence-corrected chi connectivity index (χ2v) is 7.42. The number of carbonyl (C=O) groups is 1. The van der Waals surface area contributed by atoms with E-state index in [1.54, 1.807) is 28.9 Å². The normalized spacial score (nSPS) is 10.8. The zero-order valence-corrected chi connectivity index (χ0v) is 17.7. The molecular weight excluding hydrogens is 423 g/mol. The number of hydrogen-bond donors (Lipinski definition) is 1. The number of nitrogen functional groups attached to an aromatic ring is 1. The van der Waals surface area contributed by atoms with E-state index in [2.05, 4.69) is 15.1 Å². The van der Waals surface area contributed by atoms with Gasteiger partial charge in [0.25, 0.3) is 0 Å². The van der Waals surface area contributed by atoms with Crippen LogP contribution in [-0.2, 0) is 11.3 Å². The lowest BCUT2D eigenvalue weighted by Crippen LogP contribution is -2.03. The number of hydrogen-bond acceptors (Lipinski definition) is 7. The summed E-state index contributed by atoms with van der Waals surface area (Å²) in [5, 5.41) is 13.6. The van der Waals surface area contributed by atoms with Crippen molar-refractivity contribution in [3.05, 3.63) is 60.7 Å². The minimum absolute atomic E-state index is 0.0815. The average Bonchev–Trinajstić information content (AvgIpc) is 3.17. The van der Waals surface area contributed by atoms with Crippen LogP contribution < -0.4 is 10.5 Å². The highest BCUT2D eigenvalue weighted by atomic mass is 19.1. The number of nitrogens with two attached hydrogens (primary N) is 1. The van der Waals surface area contributed by atoms with E-state index in [1.807, 2.05) is 24.3 Å². The molecule has 2 heterocycles. The lowest BCUT2D eigenvalue weighted by molar-refractivity contribution is -0.118. The Morgan fingerprint density at radius 3 is 2.70 bits per heavy atom. The molecule has 0 aliphatic heterocycles. The van der Waals surface area contributed by atoms with Crippen molar-refractivity contribution in [1.82, 2.24) is 19.7 Å². The van der Waals surface area contributed by atoms with Crippen molar-refractivity contribution < 1.29 is 13.9 Å². The minimum Gasteiger partial charge on any atom is -0.457 e. The van der Waals surface area contributed by atoms with E-state index in [-0.39, 0.29) is 23.6 Å². The number of unbranched alkanes of at least 4 members (excludes halogenated alkanes) is 1. The van der Waals surface area contributed by atoms with Crippen LogP contribution in [0.15, 0.2) is 54.9 Å². The maximum Gasteiger partial charge on any atom is 0.163 e. The molecule has 0 radical (unpaired) electrons. The number of fused-ring (bicyclic) bond motifs is 1. The van der Waals surface area contributed by atoms with Crippen molar-refractivity contribution in [3.63, 3.8) is 0 Å². The summed E-state index contributed by atoms with van der Waals surface area (Å²) < 4.78 is 22.5. The lowest BCUT2D eigenvalue weighted by atomic mass is 10.1. The van der Waals surface area contributed by atoms with Gasteiger partial charge in [0.05, 0.1) is 17.9 Å². The first-order valence-electron chi connectivity index (χ1n) is 10.5. The first-order chi connectivity index (χ1) is 16.1. The molecule has 0 aliphatic rings. The van der Waals surface area contributed by atoms with Crippen LogP contribution in [0.4, 0.5) is 10.2 Å². The van der Waals surface area contributed by atoms with Crippen LogP contribution >= 0.6 is 0 Å². The Morgan fingerprint density at radius 2 is 1.94 bits per heavy atom. The van der Waals surface area contributed by atoms with Crippen molar-refractivity contribution in [3.8, 4) is 28.8 Å². The quantitative estimate of drug-likeness (QED) is 0.373. The number of carbonyl (C=O) groups excluding carboxylic acids is 1. The molecule has 4 aromatic rings. The molecule has 2 N–H and O–H groups in total. The first-order valence-corrected chi connectivity index (χ1v) is 10.5. The summed E-state index contributed by atoms with van der Waals surface area (Å²) in [5.41, 5.74) is 7.18. The molecule has 166 valence electrons. The van der Waals surface area contributed by atoms with Gasteiger partial charge >= 0.3 is 0 Å². The van der Waals surface area contributed by atoms with Gasteiger partial charge in [-0.1, -0.05) is 18.2 Å². The van der Waals surface area contributed by atoms with E-state index in [9.17, 15) is 4.79 Å². The highest BCUT2D eigenvalue weighted by Gasteiger charge is 2.20. The SMILES string of the molecule is N#CCC(=O)CCCCn1nc(-c2ccc(Oc3ccccc3)cc2F)c2c(N)ncnc21. The number of para-hydroxylation sites is 1. The van der Waals surface area contributed by atoms with Crippen LogP contribution in [0.3, 0.4) is 0 Å². The maximum atomic E-state index is 15.1. The third kappa shape index (κ3) is 4.96. The fourth-order valence-corrected chi connectivity index (χ4v) is 3.51. The van der Waals surface area contributed by atoms with Crippen LogP contribution in [0.25, 0.3) is 22.3 Å². The number of halogens is 1. The summed E-state index contributed by atoms with van der Waals surface area (Å²) in [6.45, 7) is 0.462. The third-order valence-corrected chi connectivity index (χ3v) is 5.08. The van der Waals surface area contributed by atoms with Gasteiger partial charge in [-0.3, -0.25) is 4.79 Å². The zero-order chi connectivity index (χ0) is 23.2. The predicted molar refractivity (Wildman–Crippen MR) is 121 cm³/mol. The van der Waals surface area contributed by atoms with Crippen molar-refractivity contribution >= 4 is 22.6 Å². The molecule has 0 bridgehead atoms. The summed E-state index contributed by atoms with van der Waals surface area (Å²) in [6, 6.07) is 15.5. The number of aromatic nitrogens is 4. The molecule has 0 spiro atoms. The Hall–Kier alpha value is -4.32. The average molecular weight is 444 g/mol. The van der Waals surface area contributed by atoms with Crippen LogP contribution in [0, 0.1) is 17.1 Å². The molecule has 0 saturated heterocycles. The number of benzene rings is 2. The standard InChI is InChI=1S/C24H21FN6O2/c25-20-14-18(33-17-7-2-1-3-8-17)9-10-19(20)22-21-23(27)28-15-29-24(21)31(30-22)13-5-4-6-16(32)11-12-26/h1-3,7-10,14-15H,4-6,11,13H2,(H2,27,28,29). The minimum atomic E-state index is -0.514.